The molecule has 3 N–H and O–H groups in total. The van der Waals surface area contributed by atoms with E-state index in [-0.39, 0.29) is 18.1 Å². The molecule has 4 nitrogen and oxygen atoms in total. The molecule has 2 amide bonds. The van der Waals surface area contributed by atoms with Crippen LogP contribution in [0.5, 0.6) is 0 Å². The Morgan fingerprint density at radius 3 is 2.53 bits per heavy atom. The Morgan fingerprint density at radius 2 is 2.00 bits per heavy atom. The van der Waals surface area contributed by atoms with E-state index in [0.29, 0.717) is 13.0 Å². The van der Waals surface area contributed by atoms with Gasteiger partial charge in [0.2, 0.25) is 0 Å². The molecule has 0 bridgehead atoms. The Hall–Kier alpha value is -0.770. The van der Waals surface area contributed by atoms with E-state index in [9.17, 15) is 4.79 Å². The number of rotatable bonds is 7. The highest BCUT2D eigenvalue weighted by molar-refractivity contribution is 5.73. The fraction of sp³-hybridized carbons (Fsp3) is 0.909. The maximum atomic E-state index is 11.3. The van der Waals surface area contributed by atoms with Crippen LogP contribution in [0.1, 0.15) is 40.0 Å². The minimum atomic E-state index is -0.116. The Bertz CT molecular complexity index is 181. The second-order valence-corrected chi connectivity index (χ2v) is 4.60. The first kappa shape index (κ1) is 14.2. The average Bonchev–Trinajstić information content (AvgIpc) is 2.15. The molecule has 0 aliphatic heterocycles. The summed E-state index contributed by atoms with van der Waals surface area (Å²) < 4.78 is 0. The molecule has 0 heterocycles. The summed E-state index contributed by atoms with van der Waals surface area (Å²) in [6.45, 7) is 7.61. The lowest BCUT2D eigenvalue weighted by atomic mass is 9.90. The summed E-state index contributed by atoms with van der Waals surface area (Å²) >= 11 is 0. The normalized spacial score (nSPS) is 11.2. The van der Waals surface area contributed by atoms with Crippen molar-refractivity contribution in [3.8, 4) is 0 Å². The van der Waals surface area contributed by atoms with Gasteiger partial charge in [0, 0.05) is 19.7 Å². The quantitative estimate of drug-likeness (QED) is 0.565. The van der Waals surface area contributed by atoms with E-state index in [1.807, 2.05) is 13.8 Å². The molecule has 0 saturated heterocycles. The molecule has 15 heavy (non-hydrogen) atoms. The molecule has 0 aromatic carbocycles. The molecule has 0 rings (SSSR count). The number of amides is 2. The highest BCUT2D eigenvalue weighted by Crippen LogP contribution is 2.17. The zero-order valence-corrected chi connectivity index (χ0v) is 10.1. The van der Waals surface area contributed by atoms with E-state index >= 15 is 0 Å². The third-order valence-corrected chi connectivity index (χ3v) is 2.33. The van der Waals surface area contributed by atoms with E-state index < -0.39 is 0 Å². The summed E-state index contributed by atoms with van der Waals surface area (Å²) in [5, 5.41) is 14.4. The zero-order valence-electron chi connectivity index (χ0n) is 10.1. The van der Waals surface area contributed by atoms with Crippen LogP contribution in [0.2, 0.25) is 0 Å². The first-order chi connectivity index (χ1) is 7.02. The number of hydrogen-bond donors (Lipinski definition) is 3. The SMILES string of the molecule is CCCCNC(=O)NCC(C)(C)CCO. The van der Waals surface area contributed by atoms with Crippen molar-refractivity contribution >= 4 is 6.03 Å². The topological polar surface area (TPSA) is 61.4 Å². The molecule has 0 radical (unpaired) electrons. The van der Waals surface area contributed by atoms with Gasteiger partial charge in [0.15, 0.2) is 0 Å². The molecule has 90 valence electrons. The summed E-state index contributed by atoms with van der Waals surface area (Å²) in [5.74, 6) is 0. The molecule has 0 spiro atoms. The van der Waals surface area contributed by atoms with Crippen molar-refractivity contribution in [2.24, 2.45) is 5.41 Å². The highest BCUT2D eigenvalue weighted by Gasteiger charge is 2.17. The number of urea groups is 1. The minimum Gasteiger partial charge on any atom is -0.396 e. The van der Waals surface area contributed by atoms with Gasteiger partial charge in [-0.25, -0.2) is 4.79 Å². The second kappa shape index (κ2) is 7.51. The molecule has 0 aromatic rings. The maximum absolute atomic E-state index is 11.3. The lowest BCUT2D eigenvalue weighted by Crippen LogP contribution is -2.41. The fourth-order valence-corrected chi connectivity index (χ4v) is 1.15. The van der Waals surface area contributed by atoms with Crippen LogP contribution in [-0.2, 0) is 0 Å². The molecular weight excluding hydrogens is 192 g/mol. The number of carbonyl (C=O) groups excluding carboxylic acids is 1. The standard InChI is InChI=1S/C11H24N2O2/c1-4-5-7-12-10(15)13-9-11(2,3)6-8-14/h14H,4-9H2,1-3H3,(H2,12,13,15). The molecule has 0 atom stereocenters. The van der Waals surface area contributed by atoms with Gasteiger partial charge >= 0.3 is 6.03 Å². The van der Waals surface area contributed by atoms with Crippen molar-refractivity contribution in [3.05, 3.63) is 0 Å². The number of nitrogens with one attached hydrogen (secondary N) is 2. The van der Waals surface area contributed by atoms with Crippen LogP contribution in [0.25, 0.3) is 0 Å². The predicted molar refractivity (Wildman–Crippen MR) is 61.8 cm³/mol. The molecule has 0 saturated carbocycles. The number of aliphatic hydroxyl groups excluding tert-OH is 1. The fourth-order valence-electron chi connectivity index (χ4n) is 1.15. The van der Waals surface area contributed by atoms with E-state index in [0.717, 1.165) is 19.4 Å². The summed E-state index contributed by atoms with van der Waals surface area (Å²) in [6, 6.07) is -0.116. The van der Waals surface area contributed by atoms with Gasteiger partial charge in [-0.3, -0.25) is 0 Å². The van der Waals surface area contributed by atoms with Crippen molar-refractivity contribution in [2.45, 2.75) is 40.0 Å². The summed E-state index contributed by atoms with van der Waals surface area (Å²) in [7, 11) is 0. The van der Waals surface area contributed by atoms with Crippen LogP contribution in [-0.4, -0.2) is 30.8 Å². The molecule has 0 unspecified atom stereocenters. The molecule has 0 aromatic heterocycles. The first-order valence-electron chi connectivity index (χ1n) is 5.64. The van der Waals surface area contributed by atoms with Crippen LogP contribution in [0.15, 0.2) is 0 Å². The van der Waals surface area contributed by atoms with Crippen LogP contribution in [0, 0.1) is 5.41 Å². The lowest BCUT2D eigenvalue weighted by molar-refractivity contribution is 0.201. The molecule has 4 heteroatoms. The molecular formula is C11H24N2O2. The van der Waals surface area contributed by atoms with Crippen LogP contribution >= 0.6 is 0 Å². The lowest BCUT2D eigenvalue weighted by Gasteiger charge is -2.23. The Balaban J connectivity index is 3.60. The van der Waals surface area contributed by atoms with Gasteiger partial charge in [0.1, 0.15) is 0 Å². The molecule has 0 aliphatic rings. The van der Waals surface area contributed by atoms with Crippen molar-refractivity contribution in [1.29, 1.82) is 0 Å². The van der Waals surface area contributed by atoms with Gasteiger partial charge < -0.3 is 15.7 Å². The van der Waals surface area contributed by atoms with E-state index in [1.54, 1.807) is 0 Å². The van der Waals surface area contributed by atoms with Crippen molar-refractivity contribution in [3.63, 3.8) is 0 Å². The zero-order chi connectivity index (χ0) is 11.7. The Labute approximate surface area is 92.4 Å². The summed E-state index contributed by atoms with van der Waals surface area (Å²) in [6.07, 6.45) is 2.78. The summed E-state index contributed by atoms with van der Waals surface area (Å²) in [4.78, 5) is 11.3. The highest BCUT2D eigenvalue weighted by atomic mass is 16.3. The van der Waals surface area contributed by atoms with Gasteiger partial charge in [-0.2, -0.15) is 0 Å². The van der Waals surface area contributed by atoms with E-state index in [2.05, 4.69) is 17.6 Å². The maximum Gasteiger partial charge on any atom is 0.314 e. The van der Waals surface area contributed by atoms with E-state index in [1.165, 1.54) is 0 Å². The van der Waals surface area contributed by atoms with Crippen molar-refractivity contribution in [2.75, 3.05) is 19.7 Å². The second-order valence-electron chi connectivity index (χ2n) is 4.60. The van der Waals surface area contributed by atoms with Crippen LogP contribution in [0.4, 0.5) is 4.79 Å². The minimum absolute atomic E-state index is 0.0448. The van der Waals surface area contributed by atoms with Crippen LogP contribution in [0.3, 0.4) is 0 Å². The predicted octanol–water partition coefficient (Wildman–Crippen LogP) is 1.49. The number of unbranched alkanes of at least 4 members (excludes halogenated alkanes) is 1. The average molecular weight is 216 g/mol. The van der Waals surface area contributed by atoms with Gasteiger partial charge in [-0.05, 0) is 18.3 Å². The van der Waals surface area contributed by atoms with Gasteiger partial charge in [-0.1, -0.05) is 27.2 Å². The third-order valence-electron chi connectivity index (χ3n) is 2.33. The van der Waals surface area contributed by atoms with Crippen molar-refractivity contribution in [1.82, 2.24) is 10.6 Å². The van der Waals surface area contributed by atoms with E-state index in [4.69, 9.17) is 5.11 Å². The number of carbonyl (C=O) groups is 1. The number of hydrogen-bond acceptors (Lipinski definition) is 2. The number of aliphatic hydroxyl groups is 1. The Kier molecular flexibility index (Phi) is 7.13. The smallest absolute Gasteiger partial charge is 0.314 e. The van der Waals surface area contributed by atoms with Gasteiger partial charge in [0.05, 0.1) is 0 Å². The summed E-state index contributed by atoms with van der Waals surface area (Å²) in [5.41, 5.74) is -0.0448. The molecule has 0 fully saturated rings. The third kappa shape index (κ3) is 8.24. The monoisotopic (exact) mass is 216 g/mol. The van der Waals surface area contributed by atoms with Gasteiger partial charge in [0.25, 0.3) is 0 Å². The molecule has 0 aliphatic carbocycles. The van der Waals surface area contributed by atoms with Crippen LogP contribution < -0.4 is 10.6 Å². The first-order valence-corrected chi connectivity index (χ1v) is 5.64. The van der Waals surface area contributed by atoms with Gasteiger partial charge in [-0.15, -0.1) is 0 Å². The van der Waals surface area contributed by atoms with Crippen molar-refractivity contribution < 1.29 is 9.90 Å². The largest absolute Gasteiger partial charge is 0.396 e. The Morgan fingerprint density at radius 1 is 1.33 bits per heavy atom.